The van der Waals surface area contributed by atoms with E-state index in [4.69, 9.17) is 0 Å². The molecule has 0 aliphatic heterocycles. The van der Waals surface area contributed by atoms with Crippen LogP contribution in [0.15, 0.2) is 48.5 Å². The van der Waals surface area contributed by atoms with Crippen molar-refractivity contribution in [2.45, 2.75) is 44.6 Å². The summed E-state index contributed by atoms with van der Waals surface area (Å²) in [6.45, 7) is 4.41. The molecular weight excluding hydrogens is 244 g/mol. The molecular formula is C19H22O. The number of aliphatic hydroxyl groups excluding tert-OH is 1. The topological polar surface area (TPSA) is 20.2 Å². The molecule has 0 saturated heterocycles. The summed E-state index contributed by atoms with van der Waals surface area (Å²) in [5.41, 5.74) is 5.31. The zero-order valence-corrected chi connectivity index (χ0v) is 12.2. The third-order valence-corrected chi connectivity index (χ3v) is 4.45. The fraction of sp³-hybridized carbons (Fsp3) is 0.368. The van der Waals surface area contributed by atoms with Crippen LogP contribution < -0.4 is 0 Å². The zero-order chi connectivity index (χ0) is 14.1. The molecule has 0 saturated carbocycles. The van der Waals surface area contributed by atoms with Crippen LogP contribution in [0.4, 0.5) is 0 Å². The predicted molar refractivity (Wildman–Crippen MR) is 83.1 cm³/mol. The highest BCUT2D eigenvalue weighted by Gasteiger charge is 2.31. The van der Waals surface area contributed by atoms with Crippen LogP contribution in [-0.4, -0.2) is 11.2 Å². The van der Waals surface area contributed by atoms with Gasteiger partial charge in [0.2, 0.25) is 0 Å². The molecule has 2 unspecified atom stereocenters. The van der Waals surface area contributed by atoms with Crippen molar-refractivity contribution < 1.29 is 5.11 Å². The highest BCUT2D eigenvalue weighted by Crippen LogP contribution is 2.38. The maximum atomic E-state index is 10.4. The Balaban J connectivity index is 1.67. The molecule has 0 aromatic heterocycles. The minimum atomic E-state index is -0.269. The maximum Gasteiger partial charge on any atom is 0.0652 e. The predicted octanol–water partition coefficient (Wildman–Crippen LogP) is 4.05. The molecule has 2 aromatic carbocycles. The van der Waals surface area contributed by atoms with Crippen molar-refractivity contribution >= 4 is 0 Å². The van der Waals surface area contributed by atoms with Gasteiger partial charge in [-0.25, -0.2) is 0 Å². The lowest BCUT2D eigenvalue weighted by Gasteiger charge is -2.34. The van der Waals surface area contributed by atoms with E-state index in [0.29, 0.717) is 11.8 Å². The van der Waals surface area contributed by atoms with Crippen molar-refractivity contribution in [3.05, 3.63) is 70.8 Å². The first kappa shape index (κ1) is 13.4. The molecule has 104 valence electrons. The molecule has 3 rings (SSSR count). The average Bonchev–Trinajstić information content (AvgIpc) is 2.41. The van der Waals surface area contributed by atoms with E-state index in [1.54, 1.807) is 0 Å². The Morgan fingerprint density at radius 2 is 1.75 bits per heavy atom. The van der Waals surface area contributed by atoms with Gasteiger partial charge in [-0.05, 0) is 41.0 Å². The van der Waals surface area contributed by atoms with E-state index in [9.17, 15) is 5.11 Å². The molecule has 1 nitrogen and oxygen atoms in total. The number of hydrogen-bond donors (Lipinski definition) is 1. The van der Waals surface area contributed by atoms with Gasteiger partial charge in [-0.1, -0.05) is 62.4 Å². The summed E-state index contributed by atoms with van der Waals surface area (Å²) in [6.07, 6.45) is 1.49. The van der Waals surface area contributed by atoms with E-state index >= 15 is 0 Å². The molecule has 1 N–H and O–H groups in total. The van der Waals surface area contributed by atoms with Gasteiger partial charge < -0.3 is 5.11 Å². The Kier molecular flexibility index (Phi) is 3.62. The average molecular weight is 266 g/mol. The SMILES string of the molecule is CC(C)c1ccc(CC(O)C2Cc3ccccc32)cc1. The second kappa shape index (κ2) is 5.41. The Labute approximate surface area is 121 Å². The lowest BCUT2D eigenvalue weighted by atomic mass is 9.73. The zero-order valence-electron chi connectivity index (χ0n) is 12.2. The van der Waals surface area contributed by atoms with Crippen LogP contribution >= 0.6 is 0 Å². The van der Waals surface area contributed by atoms with E-state index in [1.165, 1.54) is 22.3 Å². The van der Waals surface area contributed by atoms with Gasteiger partial charge in [0.1, 0.15) is 0 Å². The Morgan fingerprint density at radius 1 is 1.05 bits per heavy atom. The van der Waals surface area contributed by atoms with E-state index < -0.39 is 0 Å². The van der Waals surface area contributed by atoms with Gasteiger partial charge in [-0.15, -0.1) is 0 Å². The lowest BCUT2D eigenvalue weighted by molar-refractivity contribution is 0.133. The van der Waals surface area contributed by atoms with Gasteiger partial charge in [-0.2, -0.15) is 0 Å². The van der Waals surface area contributed by atoms with E-state index in [0.717, 1.165) is 12.8 Å². The first-order chi connectivity index (χ1) is 9.65. The Hall–Kier alpha value is -1.60. The second-order valence-electron chi connectivity index (χ2n) is 6.18. The molecule has 0 fully saturated rings. The van der Waals surface area contributed by atoms with Gasteiger partial charge in [0, 0.05) is 5.92 Å². The number of rotatable bonds is 4. The van der Waals surface area contributed by atoms with Crippen LogP contribution in [0.3, 0.4) is 0 Å². The molecule has 0 bridgehead atoms. The van der Waals surface area contributed by atoms with Gasteiger partial charge in [0.15, 0.2) is 0 Å². The van der Waals surface area contributed by atoms with E-state index in [1.807, 2.05) is 0 Å². The molecule has 1 aliphatic rings. The summed E-state index contributed by atoms with van der Waals surface area (Å²) in [7, 11) is 0. The first-order valence-electron chi connectivity index (χ1n) is 7.50. The largest absolute Gasteiger partial charge is 0.392 e. The Morgan fingerprint density at radius 3 is 2.40 bits per heavy atom. The van der Waals surface area contributed by atoms with Crippen LogP contribution in [-0.2, 0) is 12.8 Å². The highest BCUT2D eigenvalue weighted by atomic mass is 16.3. The van der Waals surface area contributed by atoms with Gasteiger partial charge in [-0.3, -0.25) is 0 Å². The fourth-order valence-corrected chi connectivity index (χ4v) is 3.06. The van der Waals surface area contributed by atoms with Crippen molar-refractivity contribution in [2.75, 3.05) is 0 Å². The minimum absolute atomic E-state index is 0.269. The molecule has 2 aromatic rings. The van der Waals surface area contributed by atoms with Crippen molar-refractivity contribution in [1.29, 1.82) is 0 Å². The van der Waals surface area contributed by atoms with Crippen molar-refractivity contribution in [1.82, 2.24) is 0 Å². The normalized spacial score (nSPS) is 18.5. The minimum Gasteiger partial charge on any atom is -0.392 e. The third kappa shape index (κ3) is 2.51. The van der Waals surface area contributed by atoms with Crippen molar-refractivity contribution in [3.63, 3.8) is 0 Å². The summed E-state index contributed by atoms with van der Waals surface area (Å²) < 4.78 is 0. The molecule has 1 aliphatic carbocycles. The van der Waals surface area contributed by atoms with Crippen LogP contribution in [0, 0.1) is 0 Å². The van der Waals surface area contributed by atoms with Crippen molar-refractivity contribution in [2.24, 2.45) is 0 Å². The highest BCUT2D eigenvalue weighted by molar-refractivity contribution is 5.41. The molecule has 0 spiro atoms. The number of fused-ring (bicyclic) bond motifs is 1. The molecule has 20 heavy (non-hydrogen) atoms. The van der Waals surface area contributed by atoms with Crippen LogP contribution in [0.25, 0.3) is 0 Å². The van der Waals surface area contributed by atoms with Crippen LogP contribution in [0.5, 0.6) is 0 Å². The van der Waals surface area contributed by atoms with Gasteiger partial charge in [0.25, 0.3) is 0 Å². The fourth-order valence-electron chi connectivity index (χ4n) is 3.06. The Bertz CT molecular complexity index is 583. The molecule has 0 radical (unpaired) electrons. The smallest absolute Gasteiger partial charge is 0.0652 e. The molecule has 1 heteroatoms. The summed E-state index contributed by atoms with van der Waals surface area (Å²) in [5.74, 6) is 0.878. The van der Waals surface area contributed by atoms with Crippen LogP contribution in [0.2, 0.25) is 0 Å². The van der Waals surface area contributed by atoms with Gasteiger partial charge in [0.05, 0.1) is 6.10 Å². The molecule has 0 heterocycles. The summed E-state index contributed by atoms with van der Waals surface area (Å²) >= 11 is 0. The van der Waals surface area contributed by atoms with E-state index in [2.05, 4.69) is 62.4 Å². The second-order valence-corrected chi connectivity index (χ2v) is 6.18. The lowest BCUT2D eigenvalue weighted by Crippen LogP contribution is -2.30. The van der Waals surface area contributed by atoms with Gasteiger partial charge >= 0.3 is 0 Å². The molecule has 0 amide bonds. The summed E-state index contributed by atoms with van der Waals surface area (Å²) in [4.78, 5) is 0. The standard InChI is InChI=1S/C19H22O/c1-13(2)15-9-7-14(8-10-15)11-19(20)18-12-16-5-3-4-6-17(16)18/h3-10,13,18-20H,11-12H2,1-2H3. The van der Waals surface area contributed by atoms with E-state index in [-0.39, 0.29) is 6.10 Å². The quantitative estimate of drug-likeness (QED) is 0.885. The summed E-state index contributed by atoms with van der Waals surface area (Å²) in [6, 6.07) is 17.1. The van der Waals surface area contributed by atoms with Crippen LogP contribution in [0.1, 0.15) is 47.9 Å². The number of benzene rings is 2. The van der Waals surface area contributed by atoms with Crippen molar-refractivity contribution in [3.8, 4) is 0 Å². The maximum absolute atomic E-state index is 10.4. The monoisotopic (exact) mass is 266 g/mol. The molecule has 2 atom stereocenters. The number of hydrogen-bond acceptors (Lipinski definition) is 1. The summed E-state index contributed by atoms with van der Waals surface area (Å²) in [5, 5.41) is 10.4. The third-order valence-electron chi connectivity index (χ3n) is 4.45. The first-order valence-corrected chi connectivity index (χ1v) is 7.50. The number of aliphatic hydroxyl groups is 1.